The monoisotopic (exact) mass is 274 g/mol. The van der Waals surface area contributed by atoms with Gasteiger partial charge in [0, 0.05) is 23.7 Å². The molecule has 0 aliphatic heterocycles. The van der Waals surface area contributed by atoms with Gasteiger partial charge in [-0.1, -0.05) is 25.1 Å². The van der Waals surface area contributed by atoms with Gasteiger partial charge in [0.05, 0.1) is 17.1 Å². The molecule has 0 atom stereocenters. The Hall–Kier alpha value is -1.28. The van der Waals surface area contributed by atoms with E-state index in [0.29, 0.717) is 11.9 Å². The number of hydrogen-bond donors (Lipinski definition) is 0. The van der Waals surface area contributed by atoms with Crippen molar-refractivity contribution in [2.75, 3.05) is 11.4 Å². The van der Waals surface area contributed by atoms with Gasteiger partial charge in [-0.2, -0.15) is 0 Å². The van der Waals surface area contributed by atoms with Crippen molar-refractivity contribution < 1.29 is 0 Å². The summed E-state index contributed by atoms with van der Waals surface area (Å²) in [6.45, 7) is 3.35. The summed E-state index contributed by atoms with van der Waals surface area (Å²) in [5.41, 5.74) is 3.33. The van der Waals surface area contributed by atoms with Crippen LogP contribution in [0.25, 0.3) is 10.9 Å². The fourth-order valence-corrected chi connectivity index (χ4v) is 2.78. The molecule has 0 spiro atoms. The molecule has 1 aliphatic carbocycles. The number of rotatable bonds is 5. The van der Waals surface area contributed by atoms with E-state index in [0.717, 1.165) is 17.8 Å². The van der Waals surface area contributed by atoms with Crippen LogP contribution in [0.15, 0.2) is 30.3 Å². The van der Waals surface area contributed by atoms with Crippen LogP contribution in [-0.2, 0) is 5.88 Å². The number of hydrogen-bond acceptors (Lipinski definition) is 2. The van der Waals surface area contributed by atoms with Crippen molar-refractivity contribution in [2.45, 2.75) is 38.1 Å². The minimum absolute atomic E-state index is 0.475. The summed E-state index contributed by atoms with van der Waals surface area (Å²) in [7, 11) is 0. The molecule has 3 heteroatoms. The lowest BCUT2D eigenvalue weighted by atomic mass is 10.1. The molecule has 0 unspecified atom stereocenters. The second kappa shape index (κ2) is 5.38. The van der Waals surface area contributed by atoms with E-state index in [1.807, 2.05) is 6.07 Å². The Balaban J connectivity index is 2.13. The Morgan fingerprint density at radius 2 is 2.11 bits per heavy atom. The number of alkyl halides is 1. The van der Waals surface area contributed by atoms with Gasteiger partial charge in [0.15, 0.2) is 0 Å². The summed E-state index contributed by atoms with van der Waals surface area (Å²) in [5.74, 6) is 0.475. The lowest BCUT2D eigenvalue weighted by molar-refractivity contribution is 0.765. The fraction of sp³-hybridized carbons (Fsp3) is 0.438. The third-order valence-corrected chi connectivity index (χ3v) is 3.92. The molecule has 1 aromatic heterocycles. The lowest BCUT2D eigenvalue weighted by Gasteiger charge is -2.26. The highest BCUT2D eigenvalue weighted by atomic mass is 35.5. The van der Waals surface area contributed by atoms with E-state index < -0.39 is 0 Å². The predicted octanol–water partition coefficient (Wildman–Crippen LogP) is 4.35. The lowest BCUT2D eigenvalue weighted by Crippen LogP contribution is -2.26. The molecule has 1 fully saturated rings. The predicted molar refractivity (Wildman–Crippen MR) is 82.0 cm³/mol. The van der Waals surface area contributed by atoms with Crippen molar-refractivity contribution in [1.82, 2.24) is 4.98 Å². The Kier molecular flexibility index (Phi) is 3.61. The van der Waals surface area contributed by atoms with Crippen LogP contribution in [0.4, 0.5) is 5.69 Å². The topological polar surface area (TPSA) is 16.1 Å². The number of para-hydroxylation sites is 1. The molecule has 1 aliphatic rings. The minimum Gasteiger partial charge on any atom is -0.368 e. The van der Waals surface area contributed by atoms with Crippen LogP contribution in [-0.4, -0.2) is 17.6 Å². The van der Waals surface area contributed by atoms with E-state index in [9.17, 15) is 0 Å². The highest BCUT2D eigenvalue weighted by molar-refractivity contribution is 6.17. The molecule has 0 N–H and O–H groups in total. The highest BCUT2D eigenvalue weighted by Gasteiger charge is 2.29. The first-order valence-electron chi connectivity index (χ1n) is 7.04. The largest absolute Gasteiger partial charge is 0.368 e. The second-order valence-corrected chi connectivity index (χ2v) is 5.48. The van der Waals surface area contributed by atoms with E-state index in [4.69, 9.17) is 11.6 Å². The number of fused-ring (bicyclic) bond motifs is 1. The maximum absolute atomic E-state index is 6.00. The van der Waals surface area contributed by atoms with Crippen LogP contribution in [0, 0.1) is 0 Å². The van der Waals surface area contributed by atoms with Crippen LogP contribution >= 0.6 is 11.6 Å². The average Bonchev–Trinajstić information content (AvgIpc) is 3.28. The summed E-state index contributed by atoms with van der Waals surface area (Å²) in [4.78, 5) is 7.16. The zero-order valence-electron chi connectivity index (χ0n) is 11.3. The first-order chi connectivity index (χ1) is 9.33. The summed E-state index contributed by atoms with van der Waals surface area (Å²) in [6, 6.07) is 11.3. The smallest absolute Gasteiger partial charge is 0.0726 e. The van der Waals surface area contributed by atoms with Gasteiger partial charge in [-0.3, -0.25) is 4.98 Å². The molecule has 0 amide bonds. The van der Waals surface area contributed by atoms with Gasteiger partial charge in [0.2, 0.25) is 0 Å². The molecule has 0 saturated heterocycles. The van der Waals surface area contributed by atoms with Gasteiger partial charge in [-0.15, -0.1) is 11.6 Å². The van der Waals surface area contributed by atoms with E-state index in [-0.39, 0.29) is 0 Å². The van der Waals surface area contributed by atoms with Gasteiger partial charge in [0.1, 0.15) is 0 Å². The zero-order valence-corrected chi connectivity index (χ0v) is 12.0. The Bertz CT molecular complexity index is 578. The van der Waals surface area contributed by atoms with E-state index >= 15 is 0 Å². The van der Waals surface area contributed by atoms with Gasteiger partial charge >= 0.3 is 0 Å². The van der Waals surface area contributed by atoms with Gasteiger partial charge in [-0.05, 0) is 31.4 Å². The summed E-state index contributed by atoms with van der Waals surface area (Å²) in [6.07, 6.45) is 3.79. The minimum atomic E-state index is 0.475. The zero-order chi connectivity index (χ0) is 13.2. The van der Waals surface area contributed by atoms with Crippen molar-refractivity contribution >= 4 is 28.2 Å². The first-order valence-corrected chi connectivity index (χ1v) is 7.58. The first kappa shape index (κ1) is 12.7. The number of aromatic nitrogens is 1. The van der Waals surface area contributed by atoms with Crippen LogP contribution < -0.4 is 4.90 Å². The molecule has 1 heterocycles. The number of pyridine rings is 1. The normalized spacial score (nSPS) is 14.8. The van der Waals surface area contributed by atoms with Crippen molar-refractivity contribution in [1.29, 1.82) is 0 Å². The molecule has 0 radical (unpaired) electrons. The molecule has 1 aromatic carbocycles. The highest BCUT2D eigenvalue weighted by Crippen LogP contribution is 2.36. The molecule has 0 bridgehead atoms. The van der Waals surface area contributed by atoms with Crippen LogP contribution in [0.5, 0.6) is 0 Å². The van der Waals surface area contributed by atoms with Gasteiger partial charge in [0.25, 0.3) is 0 Å². The van der Waals surface area contributed by atoms with Gasteiger partial charge < -0.3 is 4.90 Å². The third kappa shape index (κ3) is 2.55. The molecule has 3 rings (SSSR count). The number of anilines is 1. The quantitative estimate of drug-likeness (QED) is 0.754. The number of benzene rings is 1. The summed E-state index contributed by atoms with van der Waals surface area (Å²) in [5, 5.41) is 1.25. The number of halogens is 1. The standard InChI is InChI=1S/C16H19ClN2/c1-2-9-19(13-7-8-13)16-10-12(11-17)18-15-6-4-3-5-14(15)16/h3-6,10,13H,2,7-9,11H2,1H3. The van der Waals surface area contributed by atoms with E-state index in [2.05, 4.69) is 41.1 Å². The maximum Gasteiger partial charge on any atom is 0.0726 e. The molecule has 2 aromatic rings. The molecular formula is C16H19ClN2. The maximum atomic E-state index is 6.00. The Morgan fingerprint density at radius 3 is 2.79 bits per heavy atom. The van der Waals surface area contributed by atoms with Gasteiger partial charge in [-0.25, -0.2) is 0 Å². The van der Waals surface area contributed by atoms with E-state index in [1.54, 1.807) is 0 Å². The molecule has 2 nitrogen and oxygen atoms in total. The van der Waals surface area contributed by atoms with E-state index in [1.165, 1.54) is 30.3 Å². The van der Waals surface area contributed by atoms with Crippen molar-refractivity contribution in [3.8, 4) is 0 Å². The third-order valence-electron chi connectivity index (χ3n) is 3.65. The number of nitrogens with zero attached hydrogens (tertiary/aromatic N) is 2. The van der Waals surface area contributed by atoms with Crippen LogP contribution in [0.2, 0.25) is 0 Å². The summed E-state index contributed by atoms with van der Waals surface area (Å²) >= 11 is 6.00. The Morgan fingerprint density at radius 1 is 1.32 bits per heavy atom. The Labute approximate surface area is 119 Å². The second-order valence-electron chi connectivity index (χ2n) is 5.21. The fourth-order valence-electron chi connectivity index (χ4n) is 2.64. The molecule has 19 heavy (non-hydrogen) atoms. The average molecular weight is 275 g/mol. The van der Waals surface area contributed by atoms with Crippen LogP contribution in [0.1, 0.15) is 31.9 Å². The molecule has 100 valence electrons. The van der Waals surface area contributed by atoms with Crippen molar-refractivity contribution in [3.05, 3.63) is 36.0 Å². The summed E-state index contributed by atoms with van der Waals surface area (Å²) < 4.78 is 0. The molecule has 1 saturated carbocycles. The van der Waals surface area contributed by atoms with Crippen molar-refractivity contribution in [2.24, 2.45) is 0 Å². The molecular weight excluding hydrogens is 256 g/mol. The van der Waals surface area contributed by atoms with Crippen LogP contribution in [0.3, 0.4) is 0 Å². The van der Waals surface area contributed by atoms with Crippen molar-refractivity contribution in [3.63, 3.8) is 0 Å². The SMILES string of the molecule is CCCN(c1cc(CCl)nc2ccccc12)C1CC1.